The second kappa shape index (κ2) is 11.5. The Labute approximate surface area is 286 Å². The third-order valence-electron chi connectivity index (χ3n) is 9.96. The van der Waals surface area contributed by atoms with E-state index in [1.54, 1.807) is 6.20 Å². The number of aromatic nitrogens is 3. The van der Waals surface area contributed by atoms with Crippen molar-refractivity contribution in [3.63, 3.8) is 0 Å². The molecule has 232 valence electrons. The molecule has 0 atom stereocenters. The molecule has 0 saturated carbocycles. The summed E-state index contributed by atoms with van der Waals surface area (Å²) in [5.74, 6) is 0.703. The van der Waals surface area contributed by atoms with Gasteiger partial charge in [-0.25, -0.2) is 9.97 Å². The molecule has 0 fully saturated rings. The van der Waals surface area contributed by atoms with Crippen LogP contribution in [0.25, 0.3) is 78.1 Å². The van der Waals surface area contributed by atoms with Crippen LogP contribution >= 0.6 is 0 Å². The predicted molar refractivity (Wildman–Crippen MR) is 202 cm³/mol. The first kappa shape index (κ1) is 29.0. The van der Waals surface area contributed by atoms with E-state index in [4.69, 9.17) is 9.97 Å². The van der Waals surface area contributed by atoms with Crippen LogP contribution in [0, 0.1) is 0 Å². The van der Waals surface area contributed by atoms with Crippen molar-refractivity contribution in [2.45, 2.75) is 19.3 Å². The molecule has 1 aliphatic carbocycles. The summed E-state index contributed by atoms with van der Waals surface area (Å²) in [4.78, 5) is 14.7. The fraction of sp³-hybridized carbons (Fsp3) is 0.0652. The number of benzene rings is 6. The summed E-state index contributed by atoms with van der Waals surface area (Å²) >= 11 is 0. The van der Waals surface area contributed by atoms with E-state index in [9.17, 15) is 0 Å². The van der Waals surface area contributed by atoms with Crippen molar-refractivity contribution in [2.24, 2.45) is 0 Å². The van der Waals surface area contributed by atoms with Crippen LogP contribution in [0.15, 0.2) is 164 Å². The molecular formula is C46H33N3. The van der Waals surface area contributed by atoms with Crippen LogP contribution in [0.5, 0.6) is 0 Å². The summed E-state index contributed by atoms with van der Waals surface area (Å²) in [6, 6.07) is 53.9. The number of rotatable bonds is 5. The van der Waals surface area contributed by atoms with Gasteiger partial charge in [-0.1, -0.05) is 141 Å². The van der Waals surface area contributed by atoms with E-state index in [1.807, 2.05) is 18.3 Å². The van der Waals surface area contributed by atoms with E-state index in [1.165, 1.54) is 38.6 Å². The Morgan fingerprint density at radius 3 is 1.94 bits per heavy atom. The molecule has 2 heterocycles. The van der Waals surface area contributed by atoms with Gasteiger partial charge in [0.1, 0.15) is 0 Å². The van der Waals surface area contributed by atoms with Crippen LogP contribution < -0.4 is 0 Å². The Kier molecular flexibility index (Phi) is 6.80. The summed E-state index contributed by atoms with van der Waals surface area (Å²) in [6.07, 6.45) is 3.70. The minimum Gasteiger partial charge on any atom is -0.264 e. The monoisotopic (exact) mass is 627 g/mol. The Balaban J connectivity index is 1.20. The van der Waals surface area contributed by atoms with Gasteiger partial charge in [0.25, 0.3) is 0 Å². The van der Waals surface area contributed by atoms with E-state index in [2.05, 4.69) is 158 Å². The van der Waals surface area contributed by atoms with Crippen molar-refractivity contribution in [3.8, 4) is 67.3 Å². The van der Waals surface area contributed by atoms with Gasteiger partial charge in [0.2, 0.25) is 0 Å². The molecule has 0 amide bonds. The van der Waals surface area contributed by atoms with Gasteiger partial charge in [0, 0.05) is 34.5 Å². The smallest absolute Gasteiger partial charge is 0.160 e. The zero-order valence-electron chi connectivity index (χ0n) is 27.4. The van der Waals surface area contributed by atoms with E-state index in [-0.39, 0.29) is 5.41 Å². The molecule has 3 heteroatoms. The van der Waals surface area contributed by atoms with Gasteiger partial charge in [-0.15, -0.1) is 0 Å². The molecule has 3 nitrogen and oxygen atoms in total. The molecule has 0 aliphatic heterocycles. The zero-order chi connectivity index (χ0) is 33.0. The van der Waals surface area contributed by atoms with Crippen molar-refractivity contribution < 1.29 is 0 Å². The largest absolute Gasteiger partial charge is 0.264 e. The highest BCUT2D eigenvalue weighted by Gasteiger charge is 2.37. The van der Waals surface area contributed by atoms with Crippen molar-refractivity contribution in [3.05, 3.63) is 175 Å². The highest BCUT2D eigenvalue weighted by Crippen LogP contribution is 2.52. The maximum absolute atomic E-state index is 5.25. The Hall–Kier alpha value is -6.19. The summed E-state index contributed by atoms with van der Waals surface area (Å²) in [7, 11) is 0. The van der Waals surface area contributed by atoms with Gasteiger partial charge in [0.05, 0.1) is 11.4 Å². The molecule has 2 aromatic heterocycles. The lowest BCUT2D eigenvalue weighted by Crippen LogP contribution is -2.15. The minimum atomic E-state index is -0.111. The second-order valence-electron chi connectivity index (χ2n) is 13.3. The fourth-order valence-corrected chi connectivity index (χ4v) is 7.48. The van der Waals surface area contributed by atoms with Crippen molar-refractivity contribution in [1.82, 2.24) is 15.0 Å². The van der Waals surface area contributed by atoms with E-state index in [0.717, 1.165) is 44.8 Å². The topological polar surface area (TPSA) is 38.7 Å². The highest BCUT2D eigenvalue weighted by atomic mass is 14.9. The predicted octanol–water partition coefficient (Wildman–Crippen LogP) is 11.7. The molecule has 6 aromatic carbocycles. The zero-order valence-corrected chi connectivity index (χ0v) is 27.4. The molecule has 49 heavy (non-hydrogen) atoms. The average molecular weight is 628 g/mol. The van der Waals surface area contributed by atoms with Gasteiger partial charge >= 0.3 is 0 Å². The van der Waals surface area contributed by atoms with Gasteiger partial charge in [0.15, 0.2) is 5.82 Å². The van der Waals surface area contributed by atoms with Crippen molar-refractivity contribution in [2.75, 3.05) is 0 Å². The summed E-state index contributed by atoms with van der Waals surface area (Å²) in [5.41, 5.74) is 14.6. The number of nitrogens with zero attached hydrogens (tertiary/aromatic N) is 3. The second-order valence-corrected chi connectivity index (χ2v) is 13.3. The lowest BCUT2D eigenvalue weighted by molar-refractivity contribution is 0.666. The summed E-state index contributed by atoms with van der Waals surface area (Å²) in [5, 5.41) is 2.60. The maximum atomic E-state index is 5.25. The van der Waals surface area contributed by atoms with Crippen LogP contribution in [0.3, 0.4) is 0 Å². The third-order valence-corrected chi connectivity index (χ3v) is 9.96. The van der Waals surface area contributed by atoms with Crippen LogP contribution in [-0.2, 0) is 5.41 Å². The first-order valence-corrected chi connectivity index (χ1v) is 16.8. The average Bonchev–Trinajstić information content (AvgIpc) is 3.41. The van der Waals surface area contributed by atoms with Crippen LogP contribution in [0.2, 0.25) is 0 Å². The third kappa shape index (κ3) is 5.03. The normalized spacial score (nSPS) is 12.9. The fourth-order valence-electron chi connectivity index (χ4n) is 7.48. The SMILES string of the molecule is CC1(C)c2ccc(-c3cc(-c4ccc(-c5cccnc5)cc4)nc(-c4cccc(-c5ccccc5)c4)n3)cc2-c2ccc3ccccc3c21. The Bertz CT molecular complexity index is 2500. The first-order chi connectivity index (χ1) is 24.0. The number of fused-ring (bicyclic) bond motifs is 5. The molecular weight excluding hydrogens is 595 g/mol. The van der Waals surface area contributed by atoms with Crippen molar-refractivity contribution in [1.29, 1.82) is 0 Å². The van der Waals surface area contributed by atoms with Crippen LogP contribution in [0.4, 0.5) is 0 Å². The lowest BCUT2D eigenvalue weighted by Gasteiger charge is -2.23. The summed E-state index contributed by atoms with van der Waals surface area (Å²) < 4.78 is 0. The molecule has 8 aromatic rings. The number of hydrogen-bond acceptors (Lipinski definition) is 3. The van der Waals surface area contributed by atoms with E-state index < -0.39 is 0 Å². The van der Waals surface area contributed by atoms with E-state index >= 15 is 0 Å². The van der Waals surface area contributed by atoms with E-state index in [0.29, 0.717) is 5.82 Å². The number of pyridine rings is 1. The molecule has 0 spiro atoms. The molecule has 0 N–H and O–H groups in total. The molecule has 0 bridgehead atoms. The molecule has 0 radical (unpaired) electrons. The van der Waals surface area contributed by atoms with Gasteiger partial charge < -0.3 is 0 Å². The quantitative estimate of drug-likeness (QED) is 0.191. The lowest BCUT2D eigenvalue weighted by atomic mass is 9.80. The molecule has 0 unspecified atom stereocenters. The standard InChI is InChI=1S/C46H33N3/c1-46(2)41-24-22-35(27-40(41)39-23-21-32-12-6-7-16-38(32)44(39)46)43-28-42(33-19-17-31(18-20-33)37-15-9-25-47-29-37)48-45(49-43)36-14-8-13-34(26-36)30-10-4-3-5-11-30/h3-29H,1-2H3. The van der Waals surface area contributed by atoms with Crippen LogP contribution in [-0.4, -0.2) is 15.0 Å². The molecule has 9 rings (SSSR count). The molecule has 1 aliphatic rings. The van der Waals surface area contributed by atoms with Crippen molar-refractivity contribution >= 4 is 10.8 Å². The number of hydrogen-bond donors (Lipinski definition) is 0. The highest BCUT2D eigenvalue weighted by molar-refractivity contribution is 5.98. The first-order valence-electron chi connectivity index (χ1n) is 16.8. The maximum Gasteiger partial charge on any atom is 0.160 e. The molecule has 0 saturated heterocycles. The van der Waals surface area contributed by atoms with Gasteiger partial charge in [-0.05, 0) is 79.5 Å². The van der Waals surface area contributed by atoms with Crippen LogP contribution in [0.1, 0.15) is 25.0 Å². The minimum absolute atomic E-state index is 0.111. The summed E-state index contributed by atoms with van der Waals surface area (Å²) in [6.45, 7) is 4.69. The Morgan fingerprint density at radius 2 is 1.12 bits per heavy atom. The Morgan fingerprint density at radius 1 is 0.449 bits per heavy atom. The van der Waals surface area contributed by atoms with Gasteiger partial charge in [-0.2, -0.15) is 0 Å². The van der Waals surface area contributed by atoms with Gasteiger partial charge in [-0.3, -0.25) is 4.98 Å².